The van der Waals surface area contributed by atoms with Gasteiger partial charge in [0.1, 0.15) is 17.4 Å². The lowest BCUT2D eigenvalue weighted by molar-refractivity contribution is -0.107. The molecule has 1 amide bonds. The molecule has 0 saturated carbocycles. The van der Waals surface area contributed by atoms with E-state index in [1.165, 1.54) is 11.1 Å². The lowest BCUT2D eigenvalue weighted by atomic mass is 10.0. The molecule has 1 aromatic heterocycles. The number of aldehydes is 1. The van der Waals surface area contributed by atoms with Gasteiger partial charge in [0.25, 0.3) is 0 Å². The van der Waals surface area contributed by atoms with Gasteiger partial charge in [-0.15, -0.1) is 11.3 Å². The molecule has 154 valence electrons. The van der Waals surface area contributed by atoms with Gasteiger partial charge in [-0.05, 0) is 43.4 Å². The summed E-state index contributed by atoms with van der Waals surface area (Å²) in [5.74, 6) is 0. The molecule has 0 radical (unpaired) electrons. The Kier molecular flexibility index (Phi) is 8.68. The van der Waals surface area contributed by atoms with Crippen LogP contribution in [0, 0.1) is 18.3 Å². The lowest BCUT2D eigenvalue weighted by Gasteiger charge is -2.25. The first-order valence-electron chi connectivity index (χ1n) is 9.67. The van der Waals surface area contributed by atoms with E-state index in [9.17, 15) is 9.59 Å². The zero-order valence-electron chi connectivity index (χ0n) is 17.2. The molecule has 29 heavy (non-hydrogen) atoms. The predicted octanol–water partition coefficient (Wildman–Crippen LogP) is 4.30. The molecule has 3 rings (SSSR count). The number of fused-ring (bicyclic) bond motifs is 1. The second kappa shape index (κ2) is 11.2. The standard InChI is InChI=1S/C12H15N3O2S.C10H12O/c1-3-17-12(16)15-5-4-8-9(6-13)11(14-2)18-10(8)7-15;1-9-5-2-3-6-10(9)7-4-8-11/h14H,3-5,7H2,1-2H3;2-3,5-6,8H,4,7H2,1H3. The highest BCUT2D eigenvalue weighted by Crippen LogP contribution is 2.36. The maximum atomic E-state index is 11.7. The van der Waals surface area contributed by atoms with Crippen molar-refractivity contribution in [1.29, 1.82) is 5.26 Å². The largest absolute Gasteiger partial charge is 0.450 e. The number of carbonyl (C=O) groups is 2. The van der Waals surface area contributed by atoms with E-state index in [-0.39, 0.29) is 6.09 Å². The number of thiophene rings is 1. The predicted molar refractivity (Wildman–Crippen MR) is 115 cm³/mol. The number of nitrogens with one attached hydrogen (secondary N) is 1. The van der Waals surface area contributed by atoms with Crippen molar-refractivity contribution in [3.8, 4) is 6.07 Å². The summed E-state index contributed by atoms with van der Waals surface area (Å²) in [6.45, 7) is 5.40. The second-order valence-corrected chi connectivity index (χ2v) is 7.68. The van der Waals surface area contributed by atoms with Crippen molar-refractivity contribution in [3.05, 3.63) is 51.4 Å². The maximum Gasteiger partial charge on any atom is 0.410 e. The molecule has 1 aromatic carbocycles. The fourth-order valence-corrected chi connectivity index (χ4v) is 4.34. The van der Waals surface area contributed by atoms with Crippen LogP contribution in [0.1, 0.15) is 40.5 Å². The molecule has 0 spiro atoms. The summed E-state index contributed by atoms with van der Waals surface area (Å²) in [4.78, 5) is 24.5. The highest BCUT2D eigenvalue weighted by Gasteiger charge is 2.27. The van der Waals surface area contributed by atoms with Gasteiger partial charge in [0, 0.05) is 24.9 Å². The minimum atomic E-state index is -0.277. The number of aryl methyl sites for hydroxylation is 2. The molecular weight excluding hydrogens is 386 g/mol. The Hall–Kier alpha value is -2.85. The van der Waals surface area contributed by atoms with E-state index in [4.69, 9.17) is 10.00 Å². The SMILES string of the molecule is CCOC(=O)N1CCc2c(sc(NC)c2C#N)C1.Cc1ccccc1CCC=O. The van der Waals surface area contributed by atoms with E-state index in [0.717, 1.165) is 40.1 Å². The average Bonchev–Trinajstić information content (AvgIpc) is 3.10. The van der Waals surface area contributed by atoms with E-state index < -0.39 is 0 Å². The molecule has 1 aliphatic rings. The van der Waals surface area contributed by atoms with Crippen LogP contribution < -0.4 is 5.32 Å². The van der Waals surface area contributed by atoms with Crippen LogP contribution in [0.25, 0.3) is 0 Å². The van der Waals surface area contributed by atoms with Crippen LogP contribution in [-0.4, -0.2) is 37.5 Å². The number of hydrogen-bond acceptors (Lipinski definition) is 6. The third-order valence-corrected chi connectivity index (χ3v) is 5.95. The molecule has 0 bridgehead atoms. The average molecular weight is 414 g/mol. The normalized spacial score (nSPS) is 12.1. The molecule has 0 fully saturated rings. The zero-order valence-corrected chi connectivity index (χ0v) is 18.0. The Morgan fingerprint density at radius 1 is 1.41 bits per heavy atom. The van der Waals surface area contributed by atoms with Crippen molar-refractivity contribution in [2.24, 2.45) is 0 Å². The van der Waals surface area contributed by atoms with E-state index in [2.05, 4.69) is 30.4 Å². The quantitative estimate of drug-likeness (QED) is 0.739. The highest BCUT2D eigenvalue weighted by atomic mass is 32.1. The number of nitriles is 1. The Balaban J connectivity index is 0.000000234. The number of ether oxygens (including phenoxy) is 1. The molecule has 0 saturated heterocycles. The summed E-state index contributed by atoms with van der Waals surface area (Å²) in [7, 11) is 1.81. The van der Waals surface area contributed by atoms with Gasteiger partial charge in [-0.25, -0.2) is 4.79 Å². The molecule has 7 heteroatoms. The van der Waals surface area contributed by atoms with Crippen molar-refractivity contribution in [2.45, 2.75) is 39.7 Å². The number of hydrogen-bond donors (Lipinski definition) is 1. The van der Waals surface area contributed by atoms with E-state index in [1.54, 1.807) is 30.2 Å². The minimum Gasteiger partial charge on any atom is -0.450 e. The fourth-order valence-electron chi connectivity index (χ4n) is 3.17. The van der Waals surface area contributed by atoms with Crippen LogP contribution >= 0.6 is 11.3 Å². The number of nitrogens with zero attached hydrogens (tertiary/aromatic N) is 2. The molecule has 0 unspecified atom stereocenters. The number of amides is 1. The summed E-state index contributed by atoms with van der Waals surface area (Å²) in [5, 5.41) is 13.1. The number of benzene rings is 1. The summed E-state index contributed by atoms with van der Waals surface area (Å²) < 4.78 is 5.00. The van der Waals surface area contributed by atoms with Crippen molar-refractivity contribution >= 4 is 28.7 Å². The van der Waals surface area contributed by atoms with Gasteiger partial charge in [0.05, 0.1) is 18.7 Å². The number of anilines is 1. The van der Waals surface area contributed by atoms with E-state index in [0.29, 0.717) is 26.1 Å². The van der Waals surface area contributed by atoms with Gasteiger partial charge in [-0.2, -0.15) is 5.26 Å². The molecule has 0 atom stereocenters. The van der Waals surface area contributed by atoms with Gasteiger partial charge >= 0.3 is 6.09 Å². The summed E-state index contributed by atoms with van der Waals surface area (Å²) >= 11 is 1.54. The van der Waals surface area contributed by atoms with Gasteiger partial charge in [0.2, 0.25) is 0 Å². The fraction of sp³-hybridized carbons (Fsp3) is 0.409. The molecule has 2 aromatic rings. The lowest BCUT2D eigenvalue weighted by Crippen LogP contribution is -2.35. The summed E-state index contributed by atoms with van der Waals surface area (Å²) in [6, 6.07) is 10.4. The first-order chi connectivity index (χ1) is 14.0. The Labute approximate surface area is 176 Å². The Bertz CT molecular complexity index is 886. The van der Waals surface area contributed by atoms with Crippen LogP contribution in [0.5, 0.6) is 0 Å². The monoisotopic (exact) mass is 413 g/mol. The van der Waals surface area contributed by atoms with Gasteiger partial charge in [-0.1, -0.05) is 24.3 Å². The minimum absolute atomic E-state index is 0.277. The summed E-state index contributed by atoms with van der Waals surface area (Å²) in [5.41, 5.74) is 4.35. The molecule has 2 heterocycles. The third-order valence-electron chi connectivity index (χ3n) is 4.71. The second-order valence-electron chi connectivity index (χ2n) is 6.57. The van der Waals surface area contributed by atoms with Crippen molar-refractivity contribution < 1.29 is 14.3 Å². The van der Waals surface area contributed by atoms with Crippen LogP contribution in [0.2, 0.25) is 0 Å². The van der Waals surface area contributed by atoms with Gasteiger partial charge in [-0.3, -0.25) is 0 Å². The van der Waals surface area contributed by atoms with Gasteiger partial charge in [0.15, 0.2) is 0 Å². The summed E-state index contributed by atoms with van der Waals surface area (Å²) in [6.07, 6.45) is 2.91. The topological polar surface area (TPSA) is 82.4 Å². The van der Waals surface area contributed by atoms with Crippen LogP contribution in [0.15, 0.2) is 24.3 Å². The smallest absolute Gasteiger partial charge is 0.410 e. The highest BCUT2D eigenvalue weighted by molar-refractivity contribution is 7.16. The number of carbonyl (C=O) groups excluding carboxylic acids is 2. The van der Waals surface area contributed by atoms with Crippen LogP contribution in [0.4, 0.5) is 9.80 Å². The van der Waals surface area contributed by atoms with Crippen molar-refractivity contribution in [1.82, 2.24) is 4.90 Å². The Morgan fingerprint density at radius 3 is 2.79 bits per heavy atom. The Morgan fingerprint density at radius 2 is 2.17 bits per heavy atom. The van der Waals surface area contributed by atoms with E-state index >= 15 is 0 Å². The molecule has 0 aliphatic carbocycles. The first kappa shape index (κ1) is 22.4. The van der Waals surface area contributed by atoms with Gasteiger partial charge < -0.3 is 19.7 Å². The van der Waals surface area contributed by atoms with Crippen LogP contribution in [-0.2, 0) is 28.9 Å². The third kappa shape index (κ3) is 5.81. The zero-order chi connectivity index (χ0) is 21.2. The van der Waals surface area contributed by atoms with Crippen LogP contribution in [0.3, 0.4) is 0 Å². The molecule has 1 aliphatic heterocycles. The van der Waals surface area contributed by atoms with Crippen molar-refractivity contribution in [2.75, 3.05) is 25.5 Å². The first-order valence-corrected chi connectivity index (χ1v) is 10.5. The molecule has 1 N–H and O–H groups in total. The van der Waals surface area contributed by atoms with E-state index in [1.807, 2.05) is 12.1 Å². The molecular formula is C22H27N3O3S. The number of rotatable bonds is 5. The maximum absolute atomic E-state index is 11.7. The molecule has 6 nitrogen and oxygen atoms in total. The van der Waals surface area contributed by atoms with Crippen molar-refractivity contribution in [3.63, 3.8) is 0 Å².